The molecule has 128 valence electrons. The molecular formula is C19H25N3O2. The quantitative estimate of drug-likeness (QED) is 0.783. The fraction of sp³-hybridized carbons (Fsp3) is 0.421. The van der Waals surface area contributed by atoms with Crippen LogP contribution in [0.25, 0.3) is 0 Å². The maximum absolute atomic E-state index is 13.1. The maximum atomic E-state index is 13.1. The van der Waals surface area contributed by atoms with Crippen LogP contribution in [0.3, 0.4) is 0 Å². The molecule has 0 unspecified atom stereocenters. The summed E-state index contributed by atoms with van der Waals surface area (Å²) >= 11 is 0. The lowest BCUT2D eigenvalue weighted by atomic mass is 9.79. The number of hydrogen-bond donors (Lipinski definition) is 1. The lowest BCUT2D eigenvalue weighted by molar-refractivity contribution is -0.133. The van der Waals surface area contributed by atoms with Gasteiger partial charge in [0.1, 0.15) is 5.54 Å². The molecule has 0 bridgehead atoms. The van der Waals surface area contributed by atoms with Gasteiger partial charge in [-0.1, -0.05) is 31.4 Å². The molecule has 1 N–H and O–H groups in total. The van der Waals surface area contributed by atoms with Crippen LogP contribution < -0.4 is 5.32 Å². The van der Waals surface area contributed by atoms with Gasteiger partial charge in [0, 0.05) is 25.5 Å². The molecule has 5 heteroatoms. The van der Waals surface area contributed by atoms with Crippen molar-refractivity contribution in [1.82, 2.24) is 15.2 Å². The number of amides is 2. The van der Waals surface area contributed by atoms with Crippen molar-refractivity contribution in [3.63, 3.8) is 0 Å². The van der Waals surface area contributed by atoms with Crippen molar-refractivity contribution in [3.8, 4) is 0 Å². The SMILES string of the molecule is C=CCNC(=O)C1(N(CC=C)C(=O)c2cccnc2)CCCCC1. The molecule has 0 radical (unpaired) electrons. The molecule has 2 rings (SSSR count). The van der Waals surface area contributed by atoms with Gasteiger partial charge in [-0.3, -0.25) is 14.6 Å². The molecule has 1 aromatic heterocycles. The van der Waals surface area contributed by atoms with E-state index in [9.17, 15) is 9.59 Å². The Bertz CT molecular complexity index is 592. The minimum absolute atomic E-state index is 0.110. The average molecular weight is 327 g/mol. The van der Waals surface area contributed by atoms with Gasteiger partial charge in [0.25, 0.3) is 5.91 Å². The third-order valence-electron chi connectivity index (χ3n) is 4.49. The van der Waals surface area contributed by atoms with Crippen LogP contribution in [0.15, 0.2) is 49.8 Å². The highest BCUT2D eigenvalue weighted by molar-refractivity contribution is 5.99. The Morgan fingerprint density at radius 2 is 2.00 bits per heavy atom. The van der Waals surface area contributed by atoms with E-state index in [1.54, 1.807) is 35.4 Å². The van der Waals surface area contributed by atoms with E-state index < -0.39 is 5.54 Å². The summed E-state index contributed by atoms with van der Waals surface area (Å²) in [6.07, 6.45) is 10.7. The van der Waals surface area contributed by atoms with Gasteiger partial charge >= 0.3 is 0 Å². The standard InChI is InChI=1S/C19H25N3O2/c1-3-12-21-18(24)19(10-6-5-7-11-19)22(14-4-2)17(23)16-9-8-13-20-15-16/h3-4,8-9,13,15H,1-2,5-7,10-12,14H2,(H,21,24). The average Bonchev–Trinajstić information content (AvgIpc) is 2.64. The fourth-order valence-electron chi connectivity index (χ4n) is 3.31. The van der Waals surface area contributed by atoms with Gasteiger partial charge in [0.2, 0.25) is 5.91 Å². The van der Waals surface area contributed by atoms with Crippen molar-refractivity contribution in [1.29, 1.82) is 0 Å². The van der Waals surface area contributed by atoms with Crippen LogP contribution in [0.5, 0.6) is 0 Å². The lowest BCUT2D eigenvalue weighted by Crippen LogP contribution is -2.61. The minimum atomic E-state index is -0.831. The Balaban J connectivity index is 2.38. The Labute approximate surface area is 143 Å². The van der Waals surface area contributed by atoms with E-state index in [2.05, 4.69) is 23.5 Å². The number of carbonyl (C=O) groups is 2. The van der Waals surface area contributed by atoms with Crippen LogP contribution in [0.4, 0.5) is 0 Å². The monoisotopic (exact) mass is 327 g/mol. The van der Waals surface area contributed by atoms with Gasteiger partial charge in [-0.15, -0.1) is 13.2 Å². The number of nitrogens with one attached hydrogen (secondary N) is 1. The molecule has 5 nitrogen and oxygen atoms in total. The van der Waals surface area contributed by atoms with Crippen molar-refractivity contribution < 1.29 is 9.59 Å². The highest BCUT2D eigenvalue weighted by atomic mass is 16.2. The predicted octanol–water partition coefficient (Wildman–Crippen LogP) is 2.71. The Morgan fingerprint density at radius 1 is 1.25 bits per heavy atom. The zero-order valence-electron chi connectivity index (χ0n) is 14.0. The zero-order chi connectivity index (χ0) is 17.4. The van der Waals surface area contributed by atoms with Gasteiger partial charge in [-0.2, -0.15) is 0 Å². The predicted molar refractivity (Wildman–Crippen MR) is 94.5 cm³/mol. The summed E-state index contributed by atoms with van der Waals surface area (Å²) in [5, 5.41) is 2.89. The molecular weight excluding hydrogens is 302 g/mol. The first-order chi connectivity index (χ1) is 11.7. The highest BCUT2D eigenvalue weighted by Gasteiger charge is 2.46. The zero-order valence-corrected chi connectivity index (χ0v) is 14.0. The minimum Gasteiger partial charge on any atom is -0.351 e. The van der Waals surface area contributed by atoms with Crippen molar-refractivity contribution >= 4 is 11.8 Å². The number of rotatable bonds is 7. The van der Waals surface area contributed by atoms with Crippen LogP contribution in [0.2, 0.25) is 0 Å². The van der Waals surface area contributed by atoms with E-state index in [4.69, 9.17) is 0 Å². The molecule has 1 aliphatic rings. The summed E-state index contributed by atoms with van der Waals surface area (Å²) in [7, 11) is 0. The van der Waals surface area contributed by atoms with Crippen molar-refractivity contribution in [2.75, 3.05) is 13.1 Å². The first-order valence-electron chi connectivity index (χ1n) is 8.38. The molecule has 1 aromatic rings. The highest BCUT2D eigenvalue weighted by Crippen LogP contribution is 2.35. The molecule has 0 spiro atoms. The molecule has 24 heavy (non-hydrogen) atoms. The topological polar surface area (TPSA) is 62.3 Å². The van der Waals surface area contributed by atoms with E-state index in [0.29, 0.717) is 31.5 Å². The molecule has 1 saturated carbocycles. The maximum Gasteiger partial charge on any atom is 0.256 e. The molecule has 0 aliphatic heterocycles. The molecule has 1 fully saturated rings. The summed E-state index contributed by atoms with van der Waals surface area (Å²) in [5.74, 6) is -0.292. The fourth-order valence-corrected chi connectivity index (χ4v) is 3.31. The Hall–Kier alpha value is -2.43. The van der Waals surface area contributed by atoms with E-state index in [0.717, 1.165) is 19.3 Å². The van der Waals surface area contributed by atoms with Gasteiger partial charge in [0.15, 0.2) is 0 Å². The number of nitrogens with zero attached hydrogens (tertiary/aromatic N) is 2. The molecule has 0 saturated heterocycles. The van der Waals surface area contributed by atoms with Crippen LogP contribution in [-0.4, -0.2) is 40.3 Å². The van der Waals surface area contributed by atoms with Gasteiger partial charge in [-0.25, -0.2) is 0 Å². The van der Waals surface area contributed by atoms with Crippen molar-refractivity contribution in [2.24, 2.45) is 0 Å². The molecule has 1 aliphatic carbocycles. The van der Waals surface area contributed by atoms with Gasteiger partial charge in [-0.05, 0) is 25.0 Å². The molecule has 1 heterocycles. The number of hydrogen-bond acceptors (Lipinski definition) is 3. The summed E-state index contributed by atoms with van der Waals surface area (Å²) in [6.45, 7) is 8.13. The first-order valence-corrected chi connectivity index (χ1v) is 8.38. The second-order valence-corrected chi connectivity index (χ2v) is 6.04. The summed E-state index contributed by atoms with van der Waals surface area (Å²) in [6, 6.07) is 3.45. The second-order valence-electron chi connectivity index (χ2n) is 6.04. The van der Waals surface area contributed by atoms with E-state index in [1.807, 2.05) is 0 Å². The van der Waals surface area contributed by atoms with Crippen molar-refractivity contribution in [3.05, 3.63) is 55.4 Å². The molecule has 0 atom stereocenters. The van der Waals surface area contributed by atoms with Crippen LogP contribution in [-0.2, 0) is 4.79 Å². The lowest BCUT2D eigenvalue weighted by Gasteiger charge is -2.44. The van der Waals surface area contributed by atoms with E-state index >= 15 is 0 Å². The van der Waals surface area contributed by atoms with E-state index in [-0.39, 0.29) is 11.8 Å². The molecule has 0 aromatic carbocycles. The third kappa shape index (κ3) is 3.72. The second kappa shape index (κ2) is 8.43. The third-order valence-corrected chi connectivity index (χ3v) is 4.49. The van der Waals surface area contributed by atoms with Gasteiger partial charge < -0.3 is 10.2 Å². The number of pyridine rings is 1. The van der Waals surface area contributed by atoms with E-state index in [1.165, 1.54) is 6.20 Å². The van der Waals surface area contributed by atoms with Crippen LogP contribution >= 0.6 is 0 Å². The number of aromatic nitrogens is 1. The largest absolute Gasteiger partial charge is 0.351 e. The van der Waals surface area contributed by atoms with Crippen molar-refractivity contribution in [2.45, 2.75) is 37.6 Å². The summed E-state index contributed by atoms with van der Waals surface area (Å²) in [5.41, 5.74) is -0.344. The normalized spacial score (nSPS) is 16.0. The smallest absolute Gasteiger partial charge is 0.256 e. The summed E-state index contributed by atoms with van der Waals surface area (Å²) < 4.78 is 0. The first kappa shape index (κ1) is 17.9. The summed E-state index contributed by atoms with van der Waals surface area (Å²) in [4.78, 5) is 31.7. The van der Waals surface area contributed by atoms with Crippen LogP contribution in [0, 0.1) is 0 Å². The molecule has 2 amide bonds. The van der Waals surface area contributed by atoms with Gasteiger partial charge in [0.05, 0.1) is 5.56 Å². The Morgan fingerprint density at radius 3 is 2.58 bits per heavy atom. The van der Waals surface area contributed by atoms with Crippen LogP contribution in [0.1, 0.15) is 42.5 Å². The number of carbonyl (C=O) groups excluding carboxylic acids is 2. The Kier molecular flexibility index (Phi) is 6.29.